The lowest BCUT2D eigenvalue weighted by Crippen LogP contribution is -2.18. The summed E-state index contributed by atoms with van der Waals surface area (Å²) >= 11 is 3.40. The van der Waals surface area contributed by atoms with Crippen LogP contribution in [0.25, 0.3) is 0 Å². The third-order valence-electron chi connectivity index (χ3n) is 4.37. The zero-order valence-corrected chi connectivity index (χ0v) is 17.1. The maximum atomic E-state index is 12.7. The monoisotopic (exact) mass is 441 g/mol. The van der Waals surface area contributed by atoms with Gasteiger partial charge in [0.2, 0.25) is 5.91 Å². The van der Waals surface area contributed by atoms with Crippen LogP contribution >= 0.6 is 15.9 Å². The molecule has 6 nitrogen and oxygen atoms in total. The molecule has 0 saturated heterocycles. The molecule has 0 bridgehead atoms. The number of esters is 1. The van der Waals surface area contributed by atoms with E-state index in [4.69, 9.17) is 4.74 Å². The number of halogens is 1. The van der Waals surface area contributed by atoms with Crippen molar-refractivity contribution in [3.05, 3.63) is 83.7 Å². The Kier molecular flexibility index (Phi) is 6.26. The molecule has 1 amide bonds. The molecule has 1 N–H and O–H groups in total. The molecule has 144 valence electrons. The molecule has 2 aromatic carbocycles. The quantitative estimate of drug-likeness (QED) is 0.455. The lowest BCUT2D eigenvalue weighted by molar-refractivity contribution is -0.115. The molecule has 0 fully saturated rings. The van der Waals surface area contributed by atoms with Gasteiger partial charge < -0.3 is 10.1 Å². The number of nitrogens with zero attached hydrogens (tertiary/aromatic N) is 2. The van der Waals surface area contributed by atoms with Crippen LogP contribution in [0.5, 0.6) is 0 Å². The Hall–Kier alpha value is -2.93. The van der Waals surface area contributed by atoms with Crippen LogP contribution in [0.4, 0.5) is 5.69 Å². The van der Waals surface area contributed by atoms with E-state index in [1.54, 1.807) is 10.9 Å². The summed E-state index contributed by atoms with van der Waals surface area (Å²) < 4.78 is 6.47. The van der Waals surface area contributed by atoms with Crippen molar-refractivity contribution in [3.63, 3.8) is 0 Å². The first-order chi connectivity index (χ1) is 13.5. The van der Waals surface area contributed by atoms with Crippen molar-refractivity contribution in [2.24, 2.45) is 0 Å². The van der Waals surface area contributed by atoms with E-state index in [1.165, 1.54) is 7.11 Å². The fraction of sp³-hybridized carbons (Fsp3) is 0.190. The van der Waals surface area contributed by atoms with E-state index in [0.29, 0.717) is 5.69 Å². The number of alkyl halides is 1. The summed E-state index contributed by atoms with van der Waals surface area (Å²) in [6, 6.07) is 18.9. The Labute approximate surface area is 171 Å². The van der Waals surface area contributed by atoms with Crippen LogP contribution in [0, 0.1) is 0 Å². The molecule has 0 saturated carbocycles. The largest absolute Gasteiger partial charge is 0.464 e. The molecule has 0 aliphatic carbocycles. The summed E-state index contributed by atoms with van der Waals surface area (Å²) in [6.07, 6.45) is 1.65. The predicted molar refractivity (Wildman–Crippen MR) is 111 cm³/mol. The number of ether oxygens (including phenoxy) is 1. The number of anilines is 1. The van der Waals surface area contributed by atoms with Gasteiger partial charge in [-0.2, -0.15) is 5.10 Å². The number of rotatable bonds is 6. The molecule has 1 heterocycles. The first kappa shape index (κ1) is 19.8. The molecule has 2 atom stereocenters. The summed E-state index contributed by atoms with van der Waals surface area (Å²) in [4.78, 5) is 24.3. The number of hydrogen-bond donors (Lipinski definition) is 1. The first-order valence-electron chi connectivity index (χ1n) is 8.73. The first-order valence-corrected chi connectivity index (χ1v) is 9.65. The second-order valence-corrected chi connectivity index (χ2v) is 7.13. The summed E-state index contributed by atoms with van der Waals surface area (Å²) in [5.41, 5.74) is 2.21. The maximum absolute atomic E-state index is 12.7. The van der Waals surface area contributed by atoms with Crippen molar-refractivity contribution < 1.29 is 14.3 Å². The fourth-order valence-corrected chi connectivity index (χ4v) is 3.20. The van der Waals surface area contributed by atoms with Crippen LogP contribution in [-0.2, 0) is 9.53 Å². The number of hydrogen-bond acceptors (Lipinski definition) is 4. The van der Waals surface area contributed by atoms with E-state index < -0.39 is 10.8 Å². The molecule has 2 unspecified atom stereocenters. The molecule has 28 heavy (non-hydrogen) atoms. The van der Waals surface area contributed by atoms with Crippen LogP contribution in [0.2, 0.25) is 0 Å². The van der Waals surface area contributed by atoms with E-state index in [-0.39, 0.29) is 17.6 Å². The third kappa shape index (κ3) is 4.31. The zero-order chi connectivity index (χ0) is 20.1. The van der Waals surface area contributed by atoms with Crippen molar-refractivity contribution in [1.29, 1.82) is 0 Å². The summed E-state index contributed by atoms with van der Waals surface area (Å²) in [5, 5.41) is 7.14. The second-order valence-electron chi connectivity index (χ2n) is 6.21. The van der Waals surface area contributed by atoms with Gasteiger partial charge in [0.25, 0.3) is 0 Å². The summed E-state index contributed by atoms with van der Waals surface area (Å²) in [5.74, 6) is -0.914. The molecule has 0 radical (unpaired) electrons. The number of nitrogens with one attached hydrogen (secondary N) is 1. The van der Waals surface area contributed by atoms with Gasteiger partial charge in [-0.15, -0.1) is 0 Å². The fourth-order valence-electron chi connectivity index (χ4n) is 2.78. The number of amides is 1. The summed E-state index contributed by atoms with van der Waals surface area (Å²) in [6.45, 7) is 1.96. The molecule has 0 aliphatic rings. The number of aromatic nitrogens is 2. The van der Waals surface area contributed by atoms with Gasteiger partial charge in [0.1, 0.15) is 4.83 Å². The van der Waals surface area contributed by atoms with Crippen LogP contribution in [0.3, 0.4) is 0 Å². The van der Waals surface area contributed by atoms with Crippen molar-refractivity contribution in [2.75, 3.05) is 12.4 Å². The van der Waals surface area contributed by atoms with Crippen molar-refractivity contribution in [1.82, 2.24) is 9.78 Å². The van der Waals surface area contributed by atoms with Crippen molar-refractivity contribution >= 4 is 33.5 Å². The Balaban J connectivity index is 1.88. The predicted octanol–water partition coefficient (Wildman–Crippen LogP) is 4.35. The number of carbonyl (C=O) groups is 2. The minimum atomic E-state index is -0.611. The lowest BCUT2D eigenvalue weighted by atomic mass is 10.1. The van der Waals surface area contributed by atoms with Crippen molar-refractivity contribution in [2.45, 2.75) is 17.8 Å². The van der Waals surface area contributed by atoms with Gasteiger partial charge in [-0.3, -0.25) is 9.48 Å². The Bertz CT molecular complexity index is 958. The molecule has 0 spiro atoms. The highest BCUT2D eigenvalue weighted by molar-refractivity contribution is 9.09. The van der Waals surface area contributed by atoms with E-state index in [9.17, 15) is 9.59 Å². The Morgan fingerprint density at radius 2 is 1.61 bits per heavy atom. The third-order valence-corrected chi connectivity index (χ3v) is 5.31. The van der Waals surface area contributed by atoms with Gasteiger partial charge in [-0.1, -0.05) is 76.6 Å². The molecule has 3 aromatic rings. The van der Waals surface area contributed by atoms with Gasteiger partial charge >= 0.3 is 5.97 Å². The van der Waals surface area contributed by atoms with Crippen LogP contribution < -0.4 is 5.32 Å². The Morgan fingerprint density at radius 3 is 2.18 bits per heavy atom. The summed E-state index contributed by atoms with van der Waals surface area (Å²) in [7, 11) is 1.28. The van der Waals surface area contributed by atoms with E-state index in [2.05, 4.69) is 26.3 Å². The molecule has 3 rings (SSSR count). The SMILES string of the molecule is COC(=O)c1nn(C(C)c2ccccc2)cc1NC(=O)C(Br)c1ccccc1. The maximum Gasteiger partial charge on any atom is 0.360 e. The smallest absolute Gasteiger partial charge is 0.360 e. The number of methoxy groups -OCH3 is 1. The average Bonchev–Trinajstić information content (AvgIpc) is 3.17. The van der Waals surface area contributed by atoms with E-state index in [0.717, 1.165) is 11.1 Å². The van der Waals surface area contributed by atoms with Crippen LogP contribution in [0.15, 0.2) is 66.9 Å². The van der Waals surface area contributed by atoms with Crippen LogP contribution in [-0.4, -0.2) is 28.8 Å². The minimum absolute atomic E-state index is 0.0615. The average molecular weight is 442 g/mol. The molecular weight excluding hydrogens is 422 g/mol. The zero-order valence-electron chi connectivity index (χ0n) is 15.5. The van der Waals surface area contributed by atoms with Gasteiger partial charge in [-0.05, 0) is 18.1 Å². The molecular formula is C21H20BrN3O3. The highest BCUT2D eigenvalue weighted by atomic mass is 79.9. The normalized spacial score (nSPS) is 12.8. The minimum Gasteiger partial charge on any atom is -0.464 e. The number of carbonyl (C=O) groups excluding carboxylic acids is 2. The standard InChI is InChI=1S/C21H20BrN3O3/c1-14(15-9-5-3-6-10-15)25-13-17(19(24-25)21(27)28-2)23-20(26)18(22)16-11-7-4-8-12-16/h3-14,18H,1-2H3,(H,23,26). The Morgan fingerprint density at radius 1 is 1.04 bits per heavy atom. The second kappa shape index (κ2) is 8.84. The highest BCUT2D eigenvalue weighted by Crippen LogP contribution is 2.27. The van der Waals surface area contributed by atoms with Gasteiger partial charge in [0.05, 0.1) is 25.0 Å². The van der Waals surface area contributed by atoms with E-state index >= 15 is 0 Å². The van der Waals surface area contributed by atoms with Gasteiger partial charge in [-0.25, -0.2) is 4.79 Å². The van der Waals surface area contributed by atoms with Gasteiger partial charge in [0, 0.05) is 0 Å². The molecule has 0 aliphatic heterocycles. The van der Waals surface area contributed by atoms with E-state index in [1.807, 2.05) is 67.6 Å². The molecule has 1 aromatic heterocycles. The van der Waals surface area contributed by atoms with Gasteiger partial charge in [0.15, 0.2) is 5.69 Å². The van der Waals surface area contributed by atoms with Crippen LogP contribution in [0.1, 0.15) is 39.4 Å². The van der Waals surface area contributed by atoms with Crippen molar-refractivity contribution in [3.8, 4) is 0 Å². The highest BCUT2D eigenvalue weighted by Gasteiger charge is 2.24. The number of benzene rings is 2. The lowest BCUT2D eigenvalue weighted by Gasteiger charge is -2.12. The molecule has 7 heteroatoms. The topological polar surface area (TPSA) is 73.2 Å².